The minimum atomic E-state index is -0.0429. The number of aliphatic hydroxyl groups is 1. The van der Waals surface area contributed by atoms with E-state index in [1.807, 2.05) is 12.1 Å². The SMILES string of the molecule is COc1cc(C)c(C(C)(C)CNCCO)cc1OC. The van der Waals surface area contributed by atoms with Gasteiger partial charge in [0.25, 0.3) is 0 Å². The number of ether oxygens (including phenoxy) is 2. The minimum absolute atomic E-state index is 0.0429. The maximum absolute atomic E-state index is 8.84. The van der Waals surface area contributed by atoms with E-state index in [0.717, 1.165) is 18.0 Å². The third-order valence-electron chi connectivity index (χ3n) is 3.32. The number of aliphatic hydroxyl groups excluding tert-OH is 1. The summed E-state index contributed by atoms with van der Waals surface area (Å²) in [7, 11) is 3.29. The lowest BCUT2D eigenvalue weighted by molar-refractivity contribution is 0.286. The van der Waals surface area contributed by atoms with Crippen molar-refractivity contribution < 1.29 is 14.6 Å². The average Bonchev–Trinajstić information content (AvgIpc) is 2.38. The Balaban J connectivity index is 3.04. The highest BCUT2D eigenvalue weighted by atomic mass is 16.5. The largest absolute Gasteiger partial charge is 0.493 e. The highest BCUT2D eigenvalue weighted by Crippen LogP contribution is 2.35. The third-order valence-corrected chi connectivity index (χ3v) is 3.32. The Morgan fingerprint density at radius 3 is 2.26 bits per heavy atom. The number of methoxy groups -OCH3 is 2. The lowest BCUT2D eigenvalue weighted by Gasteiger charge is -2.28. The van der Waals surface area contributed by atoms with Crippen LogP contribution in [0.25, 0.3) is 0 Å². The van der Waals surface area contributed by atoms with Crippen molar-refractivity contribution in [3.8, 4) is 11.5 Å². The molecule has 0 unspecified atom stereocenters. The number of benzene rings is 1. The van der Waals surface area contributed by atoms with Gasteiger partial charge in [-0.3, -0.25) is 0 Å². The van der Waals surface area contributed by atoms with Crippen LogP contribution in [0.3, 0.4) is 0 Å². The van der Waals surface area contributed by atoms with Crippen molar-refractivity contribution in [1.82, 2.24) is 5.32 Å². The molecule has 0 fully saturated rings. The van der Waals surface area contributed by atoms with Crippen molar-refractivity contribution in [1.29, 1.82) is 0 Å². The van der Waals surface area contributed by atoms with E-state index in [1.165, 1.54) is 11.1 Å². The summed E-state index contributed by atoms with van der Waals surface area (Å²) in [6.07, 6.45) is 0. The molecule has 2 N–H and O–H groups in total. The van der Waals surface area contributed by atoms with Crippen molar-refractivity contribution in [3.63, 3.8) is 0 Å². The fourth-order valence-corrected chi connectivity index (χ4v) is 2.28. The fraction of sp³-hybridized carbons (Fsp3) is 0.600. The molecule has 0 aromatic heterocycles. The third kappa shape index (κ3) is 3.85. The maximum Gasteiger partial charge on any atom is 0.161 e. The van der Waals surface area contributed by atoms with Crippen molar-refractivity contribution >= 4 is 0 Å². The topological polar surface area (TPSA) is 50.7 Å². The normalized spacial score (nSPS) is 11.5. The van der Waals surface area contributed by atoms with Gasteiger partial charge in [0.1, 0.15) is 0 Å². The van der Waals surface area contributed by atoms with Gasteiger partial charge in [-0.05, 0) is 30.2 Å². The molecule has 0 radical (unpaired) electrons. The predicted molar refractivity (Wildman–Crippen MR) is 77.3 cm³/mol. The first-order chi connectivity index (χ1) is 8.96. The first-order valence-electron chi connectivity index (χ1n) is 6.51. The highest BCUT2D eigenvalue weighted by Gasteiger charge is 2.24. The highest BCUT2D eigenvalue weighted by molar-refractivity contribution is 5.49. The van der Waals surface area contributed by atoms with Gasteiger partial charge in [-0.2, -0.15) is 0 Å². The summed E-state index contributed by atoms with van der Waals surface area (Å²) in [6.45, 7) is 7.98. The van der Waals surface area contributed by atoms with Gasteiger partial charge in [0.05, 0.1) is 20.8 Å². The van der Waals surface area contributed by atoms with Gasteiger partial charge in [0.2, 0.25) is 0 Å². The number of hydrogen-bond acceptors (Lipinski definition) is 4. The Labute approximate surface area is 115 Å². The second kappa shape index (κ2) is 6.78. The molecule has 19 heavy (non-hydrogen) atoms. The molecule has 0 atom stereocenters. The van der Waals surface area contributed by atoms with Crippen LogP contribution in [-0.4, -0.2) is 39.0 Å². The lowest BCUT2D eigenvalue weighted by atomic mass is 9.81. The lowest BCUT2D eigenvalue weighted by Crippen LogP contribution is -2.35. The van der Waals surface area contributed by atoms with Gasteiger partial charge in [0, 0.05) is 18.5 Å². The molecule has 0 bridgehead atoms. The van der Waals surface area contributed by atoms with Crippen LogP contribution < -0.4 is 14.8 Å². The van der Waals surface area contributed by atoms with E-state index in [0.29, 0.717) is 6.54 Å². The Bertz CT molecular complexity index is 416. The van der Waals surface area contributed by atoms with Gasteiger partial charge < -0.3 is 19.9 Å². The standard InChI is InChI=1S/C15H25NO3/c1-11-8-13(18-4)14(19-5)9-12(11)15(2,3)10-16-6-7-17/h8-9,16-17H,6-7,10H2,1-5H3. The van der Waals surface area contributed by atoms with Gasteiger partial charge in [-0.1, -0.05) is 13.8 Å². The van der Waals surface area contributed by atoms with E-state index in [-0.39, 0.29) is 12.0 Å². The number of rotatable bonds is 7. The monoisotopic (exact) mass is 267 g/mol. The summed E-state index contributed by atoms with van der Waals surface area (Å²) in [5.41, 5.74) is 2.35. The summed E-state index contributed by atoms with van der Waals surface area (Å²) in [5.74, 6) is 1.50. The molecule has 1 aromatic carbocycles. The quantitative estimate of drug-likeness (QED) is 0.741. The molecule has 4 heteroatoms. The minimum Gasteiger partial charge on any atom is -0.493 e. The van der Waals surface area contributed by atoms with Crippen molar-refractivity contribution in [2.24, 2.45) is 0 Å². The summed E-state index contributed by atoms with van der Waals surface area (Å²) in [4.78, 5) is 0. The van der Waals surface area contributed by atoms with E-state index >= 15 is 0 Å². The molecule has 108 valence electrons. The molecule has 0 saturated carbocycles. The second-order valence-electron chi connectivity index (χ2n) is 5.31. The molecule has 0 saturated heterocycles. The van der Waals surface area contributed by atoms with E-state index in [4.69, 9.17) is 14.6 Å². The molecule has 0 aliphatic heterocycles. The van der Waals surface area contributed by atoms with Crippen LogP contribution in [0.4, 0.5) is 0 Å². The first kappa shape index (κ1) is 15.8. The molecule has 0 amide bonds. The number of hydrogen-bond donors (Lipinski definition) is 2. The van der Waals surface area contributed by atoms with E-state index in [2.05, 4.69) is 26.1 Å². The summed E-state index contributed by atoms with van der Waals surface area (Å²) in [6, 6.07) is 4.04. The van der Waals surface area contributed by atoms with Crippen molar-refractivity contribution in [2.75, 3.05) is 33.9 Å². The fourth-order valence-electron chi connectivity index (χ4n) is 2.28. The molecular weight excluding hydrogens is 242 g/mol. The van der Waals surface area contributed by atoms with Gasteiger partial charge >= 0.3 is 0 Å². The van der Waals surface area contributed by atoms with E-state index in [1.54, 1.807) is 14.2 Å². The van der Waals surface area contributed by atoms with Crippen LogP contribution in [-0.2, 0) is 5.41 Å². The van der Waals surface area contributed by atoms with Crippen LogP contribution >= 0.6 is 0 Å². The molecular formula is C15H25NO3. The molecule has 0 spiro atoms. The van der Waals surface area contributed by atoms with E-state index in [9.17, 15) is 0 Å². The second-order valence-corrected chi connectivity index (χ2v) is 5.31. The summed E-state index contributed by atoms with van der Waals surface area (Å²) in [5, 5.41) is 12.1. The van der Waals surface area contributed by atoms with Crippen molar-refractivity contribution in [3.05, 3.63) is 23.3 Å². The van der Waals surface area contributed by atoms with Crippen LogP contribution in [0, 0.1) is 6.92 Å². The average molecular weight is 267 g/mol. The first-order valence-corrected chi connectivity index (χ1v) is 6.51. The summed E-state index contributed by atoms with van der Waals surface area (Å²) >= 11 is 0. The van der Waals surface area contributed by atoms with Crippen LogP contribution in [0.15, 0.2) is 12.1 Å². The Kier molecular flexibility index (Phi) is 5.63. The smallest absolute Gasteiger partial charge is 0.161 e. The zero-order valence-electron chi connectivity index (χ0n) is 12.5. The Morgan fingerprint density at radius 2 is 1.74 bits per heavy atom. The Morgan fingerprint density at radius 1 is 1.16 bits per heavy atom. The predicted octanol–water partition coefficient (Wildman–Crippen LogP) is 1.87. The number of nitrogens with one attached hydrogen (secondary N) is 1. The molecule has 4 nitrogen and oxygen atoms in total. The van der Waals surface area contributed by atoms with Crippen LogP contribution in [0.5, 0.6) is 11.5 Å². The van der Waals surface area contributed by atoms with Crippen LogP contribution in [0.1, 0.15) is 25.0 Å². The van der Waals surface area contributed by atoms with Gasteiger partial charge in [0.15, 0.2) is 11.5 Å². The molecule has 0 heterocycles. The molecule has 0 aliphatic rings. The van der Waals surface area contributed by atoms with Gasteiger partial charge in [-0.25, -0.2) is 0 Å². The maximum atomic E-state index is 8.84. The van der Waals surface area contributed by atoms with Crippen molar-refractivity contribution in [2.45, 2.75) is 26.2 Å². The molecule has 1 aromatic rings. The van der Waals surface area contributed by atoms with Crippen LogP contribution in [0.2, 0.25) is 0 Å². The zero-order chi connectivity index (χ0) is 14.5. The Hall–Kier alpha value is -1.26. The summed E-state index contributed by atoms with van der Waals surface area (Å²) < 4.78 is 10.7. The van der Waals surface area contributed by atoms with E-state index < -0.39 is 0 Å². The van der Waals surface area contributed by atoms with Gasteiger partial charge in [-0.15, -0.1) is 0 Å². The molecule has 0 aliphatic carbocycles. The number of aryl methyl sites for hydroxylation is 1. The zero-order valence-corrected chi connectivity index (χ0v) is 12.5. The molecule has 1 rings (SSSR count).